The van der Waals surface area contributed by atoms with E-state index in [1.165, 1.54) is 0 Å². The Morgan fingerprint density at radius 1 is 0.962 bits per heavy atom. The zero-order valence-electron chi connectivity index (χ0n) is 15.4. The maximum absolute atomic E-state index is 13.5. The Morgan fingerprint density at radius 2 is 1.65 bits per heavy atom. The topological polar surface area (TPSA) is 58.4 Å². The van der Waals surface area contributed by atoms with Gasteiger partial charge in [0.15, 0.2) is 0 Å². The Bertz CT molecular complexity index is 871. The number of hydrogen-bond acceptors (Lipinski definition) is 3. The number of carbonyl (C=O) groups excluding carboxylic acids is 2. The van der Waals surface area contributed by atoms with Crippen LogP contribution in [-0.4, -0.2) is 34.7 Å². The van der Waals surface area contributed by atoms with E-state index in [1.54, 1.807) is 11.8 Å². The Labute approximate surface area is 153 Å². The van der Waals surface area contributed by atoms with Crippen molar-refractivity contribution in [1.82, 2.24) is 9.78 Å². The van der Waals surface area contributed by atoms with Crippen LogP contribution in [0.5, 0.6) is 0 Å². The maximum Gasteiger partial charge on any atom is 0.262 e. The molecule has 0 bridgehead atoms. The number of carbonyl (C=O) groups is 2. The van der Waals surface area contributed by atoms with Gasteiger partial charge in [-0.05, 0) is 44.7 Å². The fourth-order valence-corrected chi connectivity index (χ4v) is 4.12. The van der Waals surface area contributed by atoms with Gasteiger partial charge in [0.1, 0.15) is 0 Å². The Kier molecular flexibility index (Phi) is 4.26. The van der Waals surface area contributed by atoms with Crippen LogP contribution in [0.4, 0.5) is 11.4 Å². The Morgan fingerprint density at radius 3 is 2.38 bits per heavy atom. The third kappa shape index (κ3) is 2.69. The van der Waals surface area contributed by atoms with Crippen LogP contribution in [-0.2, 0) is 17.8 Å². The van der Waals surface area contributed by atoms with Crippen molar-refractivity contribution >= 4 is 23.2 Å². The first-order valence-electron chi connectivity index (χ1n) is 9.33. The van der Waals surface area contributed by atoms with E-state index in [-0.39, 0.29) is 11.8 Å². The SMILES string of the molecule is CC(=O)N1CCCN(C(=O)c2c(C)nn3c2CCCC3)c2ccccc21. The van der Waals surface area contributed by atoms with Crippen molar-refractivity contribution in [2.75, 3.05) is 22.9 Å². The summed E-state index contributed by atoms with van der Waals surface area (Å²) in [7, 11) is 0. The quantitative estimate of drug-likeness (QED) is 0.793. The highest BCUT2D eigenvalue weighted by atomic mass is 16.2. The highest BCUT2D eigenvalue weighted by Gasteiger charge is 2.31. The summed E-state index contributed by atoms with van der Waals surface area (Å²) in [6, 6.07) is 7.68. The van der Waals surface area contributed by atoms with Gasteiger partial charge in [0.05, 0.1) is 28.3 Å². The molecule has 0 unspecified atom stereocenters. The second-order valence-corrected chi connectivity index (χ2v) is 7.06. The van der Waals surface area contributed by atoms with Gasteiger partial charge in [0.2, 0.25) is 5.91 Å². The van der Waals surface area contributed by atoms with E-state index in [0.717, 1.165) is 60.6 Å². The third-order valence-electron chi connectivity index (χ3n) is 5.33. The molecule has 1 aromatic carbocycles. The summed E-state index contributed by atoms with van der Waals surface area (Å²) < 4.78 is 2.00. The van der Waals surface area contributed by atoms with Crippen LogP contribution < -0.4 is 9.80 Å². The van der Waals surface area contributed by atoms with Crippen molar-refractivity contribution in [2.24, 2.45) is 0 Å². The first kappa shape index (κ1) is 16.8. The molecule has 0 atom stereocenters. The number of hydrogen-bond donors (Lipinski definition) is 0. The van der Waals surface area contributed by atoms with E-state index < -0.39 is 0 Å². The molecule has 6 nitrogen and oxygen atoms in total. The molecule has 2 aliphatic rings. The van der Waals surface area contributed by atoms with Crippen molar-refractivity contribution in [3.05, 3.63) is 41.2 Å². The largest absolute Gasteiger partial charge is 0.311 e. The number of anilines is 2. The van der Waals surface area contributed by atoms with E-state index in [9.17, 15) is 9.59 Å². The summed E-state index contributed by atoms with van der Waals surface area (Å²) in [4.78, 5) is 29.2. The van der Waals surface area contributed by atoms with Gasteiger partial charge < -0.3 is 9.80 Å². The number of benzene rings is 1. The number of aryl methyl sites for hydroxylation is 2. The average molecular weight is 352 g/mol. The molecule has 0 saturated heterocycles. The number of nitrogens with zero attached hydrogens (tertiary/aromatic N) is 4. The van der Waals surface area contributed by atoms with Crippen molar-refractivity contribution in [2.45, 2.75) is 46.1 Å². The van der Waals surface area contributed by atoms with Crippen molar-refractivity contribution in [1.29, 1.82) is 0 Å². The zero-order chi connectivity index (χ0) is 18.3. The molecular weight excluding hydrogens is 328 g/mol. The van der Waals surface area contributed by atoms with Gasteiger partial charge in [-0.25, -0.2) is 0 Å². The molecule has 2 aromatic rings. The van der Waals surface area contributed by atoms with Crippen molar-refractivity contribution in [3.8, 4) is 0 Å². The van der Waals surface area contributed by atoms with Gasteiger partial charge in [0.25, 0.3) is 5.91 Å². The molecule has 4 rings (SSSR count). The van der Waals surface area contributed by atoms with E-state index in [2.05, 4.69) is 5.10 Å². The summed E-state index contributed by atoms with van der Waals surface area (Å²) in [5, 5.41) is 4.59. The number of aromatic nitrogens is 2. The highest BCUT2D eigenvalue weighted by Crippen LogP contribution is 2.34. The standard InChI is InChI=1S/C20H24N4O2/c1-14-19(18-10-5-6-13-24(18)21-14)20(26)23-12-7-11-22(15(2)25)16-8-3-4-9-17(16)23/h3-4,8-9H,5-7,10-13H2,1-2H3. The molecule has 0 aliphatic carbocycles. The molecule has 0 saturated carbocycles. The number of rotatable bonds is 1. The third-order valence-corrected chi connectivity index (χ3v) is 5.33. The smallest absolute Gasteiger partial charge is 0.262 e. The first-order chi connectivity index (χ1) is 12.6. The van der Waals surface area contributed by atoms with E-state index in [0.29, 0.717) is 13.1 Å². The van der Waals surface area contributed by atoms with Gasteiger partial charge in [-0.1, -0.05) is 12.1 Å². The lowest BCUT2D eigenvalue weighted by atomic mass is 10.0. The number of para-hydroxylation sites is 2. The first-order valence-corrected chi connectivity index (χ1v) is 9.33. The van der Waals surface area contributed by atoms with Gasteiger partial charge in [-0.15, -0.1) is 0 Å². The molecule has 2 aliphatic heterocycles. The van der Waals surface area contributed by atoms with Crippen LogP contribution in [0.3, 0.4) is 0 Å². The summed E-state index contributed by atoms with van der Waals surface area (Å²) in [6.07, 6.45) is 3.86. The van der Waals surface area contributed by atoms with Crippen LogP contribution in [0.2, 0.25) is 0 Å². The molecule has 0 radical (unpaired) electrons. The minimum absolute atomic E-state index is 0.00324. The lowest BCUT2D eigenvalue weighted by Gasteiger charge is -2.25. The second kappa shape index (κ2) is 6.59. The zero-order valence-corrected chi connectivity index (χ0v) is 15.4. The normalized spacial score (nSPS) is 16.7. The van der Waals surface area contributed by atoms with Gasteiger partial charge in [-0.3, -0.25) is 14.3 Å². The molecule has 0 spiro atoms. The molecule has 136 valence electrons. The fraction of sp³-hybridized carbons (Fsp3) is 0.450. The van der Waals surface area contributed by atoms with Crippen LogP contribution in [0, 0.1) is 6.92 Å². The summed E-state index contributed by atoms with van der Waals surface area (Å²) in [6.45, 7) is 5.61. The maximum atomic E-state index is 13.5. The molecule has 1 aromatic heterocycles. The minimum Gasteiger partial charge on any atom is -0.311 e. The van der Waals surface area contributed by atoms with E-state index in [4.69, 9.17) is 0 Å². The Hall–Kier alpha value is -2.63. The number of fused-ring (bicyclic) bond motifs is 2. The summed E-state index contributed by atoms with van der Waals surface area (Å²) in [5.41, 5.74) is 4.22. The Balaban J connectivity index is 1.78. The highest BCUT2D eigenvalue weighted by molar-refractivity contribution is 6.10. The van der Waals surface area contributed by atoms with Crippen LogP contribution in [0.1, 0.15) is 47.9 Å². The minimum atomic E-state index is 0.00324. The van der Waals surface area contributed by atoms with Crippen LogP contribution >= 0.6 is 0 Å². The van der Waals surface area contributed by atoms with E-state index in [1.807, 2.05) is 40.8 Å². The lowest BCUT2D eigenvalue weighted by Crippen LogP contribution is -2.32. The average Bonchev–Trinajstić information content (AvgIpc) is 2.84. The van der Waals surface area contributed by atoms with Gasteiger partial charge >= 0.3 is 0 Å². The second-order valence-electron chi connectivity index (χ2n) is 7.06. The van der Waals surface area contributed by atoms with Gasteiger partial charge in [0, 0.05) is 26.6 Å². The van der Waals surface area contributed by atoms with Crippen LogP contribution in [0.25, 0.3) is 0 Å². The molecule has 6 heteroatoms. The summed E-state index contributed by atoms with van der Waals surface area (Å²) in [5.74, 6) is 0.00865. The molecular formula is C20H24N4O2. The predicted octanol–water partition coefficient (Wildman–Crippen LogP) is 2.93. The summed E-state index contributed by atoms with van der Waals surface area (Å²) >= 11 is 0. The molecule has 3 heterocycles. The predicted molar refractivity (Wildman–Crippen MR) is 101 cm³/mol. The molecule has 26 heavy (non-hydrogen) atoms. The van der Waals surface area contributed by atoms with Crippen molar-refractivity contribution < 1.29 is 9.59 Å². The van der Waals surface area contributed by atoms with Crippen molar-refractivity contribution in [3.63, 3.8) is 0 Å². The monoisotopic (exact) mass is 352 g/mol. The van der Waals surface area contributed by atoms with Crippen LogP contribution in [0.15, 0.2) is 24.3 Å². The molecule has 0 fully saturated rings. The van der Waals surface area contributed by atoms with E-state index >= 15 is 0 Å². The van der Waals surface area contributed by atoms with Gasteiger partial charge in [-0.2, -0.15) is 5.10 Å². The molecule has 0 N–H and O–H groups in total. The number of amides is 2. The molecule has 2 amide bonds. The fourth-order valence-electron chi connectivity index (χ4n) is 4.12. The lowest BCUT2D eigenvalue weighted by molar-refractivity contribution is -0.116.